The molecule has 15 heavy (non-hydrogen) atoms. The highest BCUT2D eigenvalue weighted by molar-refractivity contribution is 7.80. The molecule has 0 aliphatic rings. The molecule has 0 radical (unpaired) electrons. The van der Waals surface area contributed by atoms with Crippen LogP contribution in [0.1, 0.15) is 41.0 Å². The van der Waals surface area contributed by atoms with Crippen LogP contribution in [0.3, 0.4) is 0 Å². The van der Waals surface area contributed by atoms with Gasteiger partial charge in [0.05, 0.1) is 11.0 Å². The van der Waals surface area contributed by atoms with E-state index in [1.165, 1.54) is 0 Å². The summed E-state index contributed by atoms with van der Waals surface area (Å²) in [6.07, 6.45) is 0.831. The zero-order valence-electron chi connectivity index (χ0n) is 10.5. The molecule has 1 N–H and O–H groups in total. The van der Waals surface area contributed by atoms with Crippen molar-refractivity contribution in [2.24, 2.45) is 0 Å². The second kappa shape index (κ2) is 5.45. The van der Waals surface area contributed by atoms with Crippen LogP contribution in [-0.4, -0.2) is 34.4 Å². The molecular weight excluding hydrogens is 208 g/mol. The van der Waals surface area contributed by atoms with Gasteiger partial charge in [0.1, 0.15) is 0 Å². The average Bonchev–Trinajstić information content (AvgIpc) is 2.01. The summed E-state index contributed by atoms with van der Waals surface area (Å²) in [5.41, 5.74) is -0.0534. The number of likely N-dealkylation sites (N-methyl/N-ethyl adjacent to an activating group) is 1. The quantitative estimate of drug-likeness (QED) is 0.752. The first-order valence-corrected chi connectivity index (χ1v) is 5.65. The zero-order chi connectivity index (χ0) is 12.2. The van der Waals surface area contributed by atoms with Gasteiger partial charge < -0.3 is 10.2 Å². The lowest BCUT2D eigenvalue weighted by atomic mass is 10.1. The fourth-order valence-corrected chi connectivity index (χ4v) is 1.94. The van der Waals surface area contributed by atoms with E-state index in [-0.39, 0.29) is 17.5 Å². The predicted molar refractivity (Wildman–Crippen MR) is 68.0 cm³/mol. The molecule has 3 nitrogen and oxygen atoms in total. The van der Waals surface area contributed by atoms with E-state index in [0.29, 0.717) is 0 Å². The fraction of sp³-hybridized carbons (Fsp3) is 0.818. The summed E-state index contributed by atoms with van der Waals surface area (Å²) < 4.78 is 0. The standard InChI is InChI=1S/C11H22N2OS/c1-7-9(13(6)8(2)14)10(15)12-11(3,4)5/h9H,7H2,1-6H3,(H,12,15). The van der Waals surface area contributed by atoms with Gasteiger partial charge in [0.15, 0.2) is 0 Å². The summed E-state index contributed by atoms with van der Waals surface area (Å²) in [7, 11) is 1.78. The van der Waals surface area contributed by atoms with Crippen molar-refractivity contribution in [3.63, 3.8) is 0 Å². The van der Waals surface area contributed by atoms with E-state index in [0.717, 1.165) is 11.4 Å². The Bertz CT molecular complexity index is 245. The minimum Gasteiger partial charge on any atom is -0.373 e. The third-order valence-corrected chi connectivity index (χ3v) is 2.53. The van der Waals surface area contributed by atoms with Gasteiger partial charge in [-0.1, -0.05) is 19.1 Å². The molecule has 0 rings (SSSR count). The lowest BCUT2D eigenvalue weighted by molar-refractivity contribution is -0.128. The minimum absolute atomic E-state index is 0.00303. The average molecular weight is 230 g/mol. The smallest absolute Gasteiger partial charge is 0.219 e. The van der Waals surface area contributed by atoms with Crippen LogP contribution in [0.15, 0.2) is 0 Å². The van der Waals surface area contributed by atoms with Gasteiger partial charge in [0.25, 0.3) is 0 Å². The lowest BCUT2D eigenvalue weighted by Gasteiger charge is -2.31. The number of nitrogens with zero attached hydrogens (tertiary/aromatic N) is 1. The highest BCUT2D eigenvalue weighted by atomic mass is 32.1. The Hall–Kier alpha value is -0.640. The molecule has 1 unspecified atom stereocenters. The topological polar surface area (TPSA) is 32.3 Å². The maximum Gasteiger partial charge on any atom is 0.219 e. The van der Waals surface area contributed by atoms with Crippen molar-refractivity contribution in [1.29, 1.82) is 0 Å². The number of carbonyl (C=O) groups is 1. The van der Waals surface area contributed by atoms with Crippen molar-refractivity contribution in [2.45, 2.75) is 52.6 Å². The maximum atomic E-state index is 11.3. The van der Waals surface area contributed by atoms with Gasteiger partial charge in [-0.2, -0.15) is 0 Å². The molecule has 0 aliphatic carbocycles. The fourth-order valence-electron chi connectivity index (χ4n) is 1.31. The highest BCUT2D eigenvalue weighted by Crippen LogP contribution is 2.07. The van der Waals surface area contributed by atoms with Gasteiger partial charge in [-0.05, 0) is 27.2 Å². The number of hydrogen-bond donors (Lipinski definition) is 1. The van der Waals surface area contributed by atoms with Crippen molar-refractivity contribution in [3.8, 4) is 0 Å². The summed E-state index contributed by atoms with van der Waals surface area (Å²) in [6, 6.07) is -0.00303. The summed E-state index contributed by atoms with van der Waals surface area (Å²) >= 11 is 5.31. The summed E-state index contributed by atoms with van der Waals surface area (Å²) in [5, 5.41) is 3.24. The third kappa shape index (κ3) is 5.11. The molecule has 0 heterocycles. The monoisotopic (exact) mass is 230 g/mol. The second-order valence-electron chi connectivity index (χ2n) is 4.79. The number of carbonyl (C=O) groups excluding carboxylic acids is 1. The summed E-state index contributed by atoms with van der Waals surface area (Å²) in [4.78, 5) is 13.7. The Labute approximate surface area is 98.2 Å². The van der Waals surface area contributed by atoms with Crippen molar-refractivity contribution < 1.29 is 4.79 Å². The van der Waals surface area contributed by atoms with Crippen LogP contribution in [0.5, 0.6) is 0 Å². The van der Waals surface area contributed by atoms with Crippen LogP contribution in [0.4, 0.5) is 0 Å². The van der Waals surface area contributed by atoms with Crippen LogP contribution in [-0.2, 0) is 4.79 Å². The second-order valence-corrected chi connectivity index (χ2v) is 5.23. The normalized spacial score (nSPS) is 13.2. The number of nitrogens with one attached hydrogen (secondary N) is 1. The van der Waals surface area contributed by atoms with E-state index in [4.69, 9.17) is 12.2 Å². The van der Waals surface area contributed by atoms with Gasteiger partial charge in [-0.25, -0.2) is 0 Å². The van der Waals surface area contributed by atoms with Gasteiger partial charge in [0, 0.05) is 19.5 Å². The van der Waals surface area contributed by atoms with Crippen molar-refractivity contribution in [2.75, 3.05) is 7.05 Å². The van der Waals surface area contributed by atoms with Gasteiger partial charge >= 0.3 is 0 Å². The van der Waals surface area contributed by atoms with Gasteiger partial charge in [-0.15, -0.1) is 0 Å². The van der Waals surface area contributed by atoms with Crippen molar-refractivity contribution in [3.05, 3.63) is 0 Å². The van der Waals surface area contributed by atoms with Crippen LogP contribution < -0.4 is 5.32 Å². The molecule has 0 aromatic heterocycles. The van der Waals surface area contributed by atoms with Crippen molar-refractivity contribution >= 4 is 23.1 Å². The molecule has 1 atom stereocenters. The van der Waals surface area contributed by atoms with Crippen molar-refractivity contribution in [1.82, 2.24) is 10.2 Å². The van der Waals surface area contributed by atoms with Gasteiger partial charge in [-0.3, -0.25) is 4.79 Å². The first-order valence-electron chi connectivity index (χ1n) is 5.24. The molecule has 0 aromatic carbocycles. The molecule has 0 fully saturated rings. The molecular formula is C11H22N2OS. The van der Waals surface area contributed by atoms with E-state index in [9.17, 15) is 4.79 Å². The Kier molecular flexibility index (Phi) is 5.21. The Balaban J connectivity index is 4.55. The largest absolute Gasteiger partial charge is 0.373 e. The highest BCUT2D eigenvalue weighted by Gasteiger charge is 2.22. The van der Waals surface area contributed by atoms with E-state index in [2.05, 4.69) is 26.1 Å². The third-order valence-electron chi connectivity index (χ3n) is 2.15. The lowest BCUT2D eigenvalue weighted by Crippen LogP contribution is -2.51. The minimum atomic E-state index is -0.0534. The first-order chi connectivity index (χ1) is 6.69. The molecule has 0 aliphatic heterocycles. The van der Waals surface area contributed by atoms with E-state index >= 15 is 0 Å². The number of hydrogen-bond acceptors (Lipinski definition) is 2. The number of amides is 1. The van der Waals surface area contributed by atoms with Crippen LogP contribution >= 0.6 is 12.2 Å². The van der Waals surface area contributed by atoms with E-state index in [1.54, 1.807) is 18.9 Å². The number of rotatable bonds is 3. The van der Waals surface area contributed by atoms with Crippen LogP contribution in [0, 0.1) is 0 Å². The molecule has 0 aromatic rings. The van der Waals surface area contributed by atoms with Gasteiger partial charge in [0.2, 0.25) is 5.91 Å². The Morgan fingerprint density at radius 3 is 2.20 bits per heavy atom. The SMILES string of the molecule is CCC(C(=S)NC(C)(C)C)N(C)C(C)=O. The summed E-state index contributed by atoms with van der Waals surface area (Å²) in [6.45, 7) is 9.75. The van der Waals surface area contributed by atoms with E-state index < -0.39 is 0 Å². The molecule has 0 spiro atoms. The molecule has 0 saturated heterocycles. The Morgan fingerprint density at radius 2 is 1.93 bits per heavy atom. The molecule has 4 heteroatoms. The predicted octanol–water partition coefficient (Wildman–Crippen LogP) is 1.96. The first kappa shape index (κ1) is 14.4. The summed E-state index contributed by atoms with van der Waals surface area (Å²) in [5.74, 6) is 0.0416. The Morgan fingerprint density at radius 1 is 1.47 bits per heavy atom. The molecule has 1 amide bonds. The van der Waals surface area contributed by atoms with E-state index in [1.807, 2.05) is 6.92 Å². The molecule has 0 bridgehead atoms. The zero-order valence-corrected chi connectivity index (χ0v) is 11.4. The molecule has 0 saturated carbocycles. The number of thiocarbonyl (C=S) groups is 1. The maximum absolute atomic E-state index is 11.3. The van der Waals surface area contributed by atoms with Crippen LogP contribution in [0.2, 0.25) is 0 Å². The van der Waals surface area contributed by atoms with Crippen LogP contribution in [0.25, 0.3) is 0 Å². The molecule has 88 valence electrons.